The number of imide groups is 1. The SMILES string of the molecule is O=C(Nc1cccnc1)N[C@@H]1CCN(c2ncc3nc(NCC(c4ccccc4)c4ccccc4)n([C@@H]4C[C@H](N5C(=O)CNC5=O)[C@@H](O)[C@H]4O)c3n2)C1. The zero-order valence-corrected chi connectivity index (χ0v) is 28.6. The van der Waals surface area contributed by atoms with E-state index in [9.17, 15) is 24.6 Å². The number of hydrogen-bond acceptors (Lipinski definition) is 11. The van der Waals surface area contributed by atoms with Crippen molar-refractivity contribution < 1.29 is 24.6 Å². The van der Waals surface area contributed by atoms with E-state index in [1.165, 1.54) is 0 Å². The van der Waals surface area contributed by atoms with Crippen molar-refractivity contribution in [2.24, 2.45) is 0 Å². The van der Waals surface area contributed by atoms with Crippen LogP contribution in [-0.2, 0) is 4.79 Å². The van der Waals surface area contributed by atoms with Crippen LogP contribution in [0.25, 0.3) is 11.2 Å². The second-order valence-electron chi connectivity index (χ2n) is 13.5. The number of nitrogens with one attached hydrogen (secondary N) is 4. The molecule has 272 valence electrons. The average Bonchev–Trinajstić information content (AvgIpc) is 3.94. The Morgan fingerprint density at radius 3 is 2.34 bits per heavy atom. The van der Waals surface area contributed by atoms with Gasteiger partial charge in [-0.3, -0.25) is 19.2 Å². The molecule has 0 radical (unpaired) electrons. The molecule has 0 unspecified atom stereocenters. The third kappa shape index (κ3) is 6.81. The van der Waals surface area contributed by atoms with Crippen molar-refractivity contribution >= 4 is 46.7 Å². The van der Waals surface area contributed by atoms with Crippen molar-refractivity contribution in [3.63, 3.8) is 0 Å². The minimum atomic E-state index is -1.40. The van der Waals surface area contributed by atoms with Crippen LogP contribution in [0.15, 0.2) is 91.4 Å². The van der Waals surface area contributed by atoms with Crippen molar-refractivity contribution in [1.29, 1.82) is 0 Å². The predicted octanol–water partition coefficient (Wildman–Crippen LogP) is 2.45. The number of aliphatic hydroxyl groups excluding tert-OH is 2. The first-order valence-electron chi connectivity index (χ1n) is 17.6. The van der Waals surface area contributed by atoms with Crippen LogP contribution in [0, 0.1) is 0 Å². The summed E-state index contributed by atoms with van der Waals surface area (Å²) in [5.41, 5.74) is 3.64. The quantitative estimate of drug-likeness (QED) is 0.116. The summed E-state index contributed by atoms with van der Waals surface area (Å²) in [4.78, 5) is 59.4. The van der Waals surface area contributed by atoms with Crippen LogP contribution in [0.1, 0.15) is 35.9 Å². The van der Waals surface area contributed by atoms with Crippen LogP contribution in [-0.4, -0.2) is 108 Å². The van der Waals surface area contributed by atoms with Gasteiger partial charge in [0.2, 0.25) is 17.8 Å². The van der Waals surface area contributed by atoms with Gasteiger partial charge in [0.25, 0.3) is 0 Å². The summed E-state index contributed by atoms with van der Waals surface area (Å²) in [6.45, 7) is 1.30. The maximum Gasteiger partial charge on any atom is 0.324 e. The number of imidazole rings is 1. The van der Waals surface area contributed by atoms with E-state index in [1.807, 2.05) is 41.3 Å². The molecule has 3 fully saturated rings. The molecule has 1 aliphatic carbocycles. The summed E-state index contributed by atoms with van der Waals surface area (Å²) in [6, 6.07) is 20.8. The summed E-state index contributed by atoms with van der Waals surface area (Å²) in [5.74, 6) is 0.275. The molecule has 1 saturated carbocycles. The van der Waals surface area contributed by atoms with E-state index in [-0.39, 0.29) is 31.0 Å². The number of nitrogens with zero attached hydrogens (tertiary/aromatic N) is 7. The molecule has 3 aliphatic rings. The van der Waals surface area contributed by atoms with Gasteiger partial charge in [0, 0.05) is 37.8 Å². The van der Waals surface area contributed by atoms with Crippen LogP contribution < -0.4 is 26.2 Å². The lowest BCUT2D eigenvalue weighted by molar-refractivity contribution is -0.128. The topological polar surface area (TPSA) is 203 Å². The highest BCUT2D eigenvalue weighted by Gasteiger charge is 2.50. The Morgan fingerprint density at radius 2 is 1.66 bits per heavy atom. The highest BCUT2D eigenvalue weighted by Crippen LogP contribution is 2.39. The van der Waals surface area contributed by atoms with E-state index >= 15 is 0 Å². The van der Waals surface area contributed by atoms with Gasteiger partial charge < -0.3 is 36.4 Å². The Labute approximate surface area is 304 Å². The Kier molecular flexibility index (Phi) is 9.28. The Hall–Kier alpha value is -6.13. The first kappa shape index (κ1) is 34.0. The first-order chi connectivity index (χ1) is 25.8. The molecule has 2 aliphatic heterocycles. The van der Waals surface area contributed by atoms with E-state index in [0.29, 0.717) is 54.8 Å². The van der Waals surface area contributed by atoms with E-state index in [0.717, 1.165) is 16.0 Å². The molecule has 5 amide bonds. The number of aliphatic hydroxyl groups is 2. The number of pyridine rings is 1. The second-order valence-corrected chi connectivity index (χ2v) is 13.5. The lowest BCUT2D eigenvalue weighted by atomic mass is 9.91. The molecule has 2 aromatic carbocycles. The Morgan fingerprint density at radius 1 is 0.925 bits per heavy atom. The lowest BCUT2D eigenvalue weighted by Crippen LogP contribution is -2.46. The van der Waals surface area contributed by atoms with Crippen LogP contribution >= 0.6 is 0 Å². The molecule has 53 heavy (non-hydrogen) atoms. The van der Waals surface area contributed by atoms with Crippen molar-refractivity contribution in [2.45, 2.75) is 49.1 Å². The average molecular weight is 718 g/mol. The van der Waals surface area contributed by atoms with Gasteiger partial charge in [0.05, 0.1) is 36.7 Å². The van der Waals surface area contributed by atoms with Crippen LogP contribution in [0.5, 0.6) is 0 Å². The van der Waals surface area contributed by atoms with Gasteiger partial charge in [0.15, 0.2) is 5.65 Å². The monoisotopic (exact) mass is 717 g/mol. The number of aromatic nitrogens is 5. The van der Waals surface area contributed by atoms with Gasteiger partial charge in [0.1, 0.15) is 17.7 Å². The summed E-state index contributed by atoms with van der Waals surface area (Å²) < 4.78 is 1.76. The van der Waals surface area contributed by atoms with Crippen molar-refractivity contribution in [3.05, 3.63) is 103 Å². The Balaban J connectivity index is 1.10. The smallest absolute Gasteiger partial charge is 0.324 e. The molecular weight excluding hydrogens is 678 g/mol. The van der Waals surface area contributed by atoms with Gasteiger partial charge in [-0.2, -0.15) is 4.98 Å². The number of rotatable bonds is 10. The number of carbonyl (C=O) groups excluding carboxylic acids is 3. The van der Waals surface area contributed by atoms with Gasteiger partial charge in [-0.05, 0) is 36.1 Å². The molecule has 16 heteroatoms. The number of anilines is 3. The van der Waals surface area contributed by atoms with Gasteiger partial charge in [-0.25, -0.2) is 19.6 Å². The summed E-state index contributed by atoms with van der Waals surface area (Å²) in [7, 11) is 0. The minimum Gasteiger partial charge on any atom is -0.388 e. The highest BCUT2D eigenvalue weighted by atomic mass is 16.3. The van der Waals surface area contributed by atoms with Crippen molar-refractivity contribution in [2.75, 3.05) is 41.7 Å². The summed E-state index contributed by atoms with van der Waals surface area (Å²) >= 11 is 0. The number of amides is 5. The minimum absolute atomic E-state index is 0.0607. The third-order valence-corrected chi connectivity index (χ3v) is 10.2. The maximum atomic E-state index is 12.7. The summed E-state index contributed by atoms with van der Waals surface area (Å²) in [6.07, 6.45) is 2.80. The summed E-state index contributed by atoms with van der Waals surface area (Å²) in [5, 5.41) is 34.6. The largest absolute Gasteiger partial charge is 0.388 e. The molecule has 8 rings (SSSR count). The first-order valence-corrected chi connectivity index (χ1v) is 17.6. The molecule has 2 saturated heterocycles. The fourth-order valence-electron chi connectivity index (χ4n) is 7.58. The molecular formula is C37H39N11O5. The van der Waals surface area contributed by atoms with Crippen LogP contribution in [0.4, 0.5) is 27.2 Å². The fourth-order valence-corrected chi connectivity index (χ4v) is 7.58. The molecule has 0 bridgehead atoms. The normalized spacial score (nSPS) is 22.8. The van der Waals surface area contributed by atoms with Crippen LogP contribution in [0.2, 0.25) is 0 Å². The van der Waals surface area contributed by atoms with Gasteiger partial charge in [-0.1, -0.05) is 60.7 Å². The van der Waals surface area contributed by atoms with E-state index in [4.69, 9.17) is 9.97 Å². The molecule has 6 N–H and O–H groups in total. The van der Waals surface area contributed by atoms with Gasteiger partial charge >= 0.3 is 12.1 Å². The fraction of sp³-hybridized carbons (Fsp3) is 0.324. The zero-order chi connectivity index (χ0) is 36.5. The number of benzene rings is 2. The molecule has 5 atom stereocenters. The van der Waals surface area contributed by atoms with Gasteiger partial charge in [-0.15, -0.1) is 0 Å². The van der Waals surface area contributed by atoms with Crippen molar-refractivity contribution in [3.8, 4) is 0 Å². The lowest BCUT2D eigenvalue weighted by Gasteiger charge is -2.23. The van der Waals surface area contributed by atoms with E-state index in [1.54, 1.807) is 35.3 Å². The molecule has 5 aromatic rings. The maximum absolute atomic E-state index is 12.7. The number of hydrogen-bond donors (Lipinski definition) is 6. The molecule has 0 spiro atoms. The predicted molar refractivity (Wildman–Crippen MR) is 195 cm³/mol. The molecule has 5 heterocycles. The number of fused-ring (bicyclic) bond motifs is 1. The van der Waals surface area contributed by atoms with Crippen LogP contribution in [0.3, 0.4) is 0 Å². The number of carbonyl (C=O) groups is 3. The second kappa shape index (κ2) is 14.5. The molecule has 16 nitrogen and oxygen atoms in total. The third-order valence-electron chi connectivity index (χ3n) is 10.2. The van der Waals surface area contributed by atoms with E-state index in [2.05, 4.69) is 55.5 Å². The Bertz CT molecular complexity index is 2050. The molecule has 3 aromatic heterocycles. The zero-order valence-electron chi connectivity index (χ0n) is 28.6. The highest BCUT2D eigenvalue weighted by molar-refractivity contribution is 6.02. The number of urea groups is 2. The van der Waals surface area contributed by atoms with Crippen molar-refractivity contribution in [1.82, 2.24) is 40.0 Å². The van der Waals surface area contributed by atoms with E-state index < -0.39 is 36.2 Å². The standard InChI is InChI=1S/C37H39N11O5/c49-30-20-41-37(53)47(30)28-16-29(32(51)31(28)50)48-33-27(44-35(48)39-18-26(22-8-3-1-4-9-22)23-10-5-2-6-11-23)19-40-34(45-33)46-15-13-25(21-46)43-36(52)42-24-12-7-14-38-17-24/h1-12,14,17,19,25-26,28-29,31-32,50-51H,13,15-16,18,20-21H2,(H,39,44)(H,41,53)(H2,42,43,52)/t25-,28+,29-,31-,32+/m1/s1.